The molecular weight excluding hydrogens is 212 g/mol. The third-order valence-electron chi connectivity index (χ3n) is 2.36. The van der Waals surface area contributed by atoms with Crippen LogP contribution in [0.2, 0.25) is 0 Å². The van der Waals surface area contributed by atoms with Crippen molar-refractivity contribution in [3.8, 4) is 0 Å². The first-order chi connectivity index (χ1) is 8.27. The maximum atomic E-state index is 10.0. The monoisotopic (exact) mass is 230 g/mol. The van der Waals surface area contributed by atoms with Crippen molar-refractivity contribution in [2.24, 2.45) is 5.73 Å². The Kier molecular flexibility index (Phi) is 5.93. The van der Waals surface area contributed by atoms with Gasteiger partial charge in [0, 0.05) is 25.4 Å². The molecule has 1 rings (SSSR count). The Morgan fingerprint density at radius 1 is 1.47 bits per heavy atom. The van der Waals surface area contributed by atoms with Crippen LogP contribution in [-0.2, 0) is 6.42 Å². The zero-order valence-corrected chi connectivity index (χ0v) is 9.79. The summed E-state index contributed by atoms with van der Waals surface area (Å²) in [6, 6.07) is 3.78. The van der Waals surface area contributed by atoms with Crippen molar-refractivity contribution < 1.29 is 5.11 Å². The van der Waals surface area contributed by atoms with E-state index in [0.717, 1.165) is 11.1 Å². The van der Waals surface area contributed by atoms with Crippen LogP contribution in [0.1, 0.15) is 5.56 Å². The van der Waals surface area contributed by atoms with E-state index in [1.807, 2.05) is 30.4 Å². The van der Waals surface area contributed by atoms with Crippen molar-refractivity contribution in [1.82, 2.24) is 4.98 Å². The number of pyridine rings is 1. The fraction of sp³-hybridized carbons (Fsp3) is 0.214. The molecule has 0 spiro atoms. The van der Waals surface area contributed by atoms with Crippen molar-refractivity contribution >= 4 is 0 Å². The number of hydrogen-bond donors (Lipinski definition) is 2. The highest BCUT2D eigenvalue weighted by Crippen LogP contribution is 2.10. The second kappa shape index (κ2) is 7.54. The van der Waals surface area contributed by atoms with Crippen LogP contribution >= 0.6 is 0 Å². The lowest BCUT2D eigenvalue weighted by Crippen LogP contribution is -2.12. The van der Waals surface area contributed by atoms with E-state index in [4.69, 9.17) is 5.73 Å². The number of rotatable bonds is 6. The number of aliphatic hydroxyl groups excluding tert-OH is 1. The number of allylic oxidation sites excluding steroid dienone is 2. The Bertz CT molecular complexity index is 396. The zero-order chi connectivity index (χ0) is 12.5. The normalized spacial score (nSPS) is 13.9. The van der Waals surface area contributed by atoms with E-state index >= 15 is 0 Å². The molecule has 3 heteroatoms. The lowest BCUT2D eigenvalue weighted by molar-refractivity contribution is 0.215. The molecule has 0 bridgehead atoms. The lowest BCUT2D eigenvalue weighted by Gasteiger charge is -2.11. The molecule has 1 heterocycles. The van der Waals surface area contributed by atoms with Crippen LogP contribution < -0.4 is 5.73 Å². The maximum absolute atomic E-state index is 10.0. The minimum Gasteiger partial charge on any atom is -0.388 e. The number of nitrogens with two attached hydrogens (primary N) is 1. The summed E-state index contributed by atoms with van der Waals surface area (Å²) in [7, 11) is 0. The predicted octanol–water partition coefficient (Wildman–Crippen LogP) is 1.61. The second-order valence-electron chi connectivity index (χ2n) is 3.61. The first-order valence-electron chi connectivity index (χ1n) is 5.54. The molecule has 3 nitrogen and oxygen atoms in total. The summed E-state index contributed by atoms with van der Waals surface area (Å²) >= 11 is 0. The standard InChI is InChI=1S/C14H18N2O/c1-2-13(5-3-4-8-15)14(17)11-12-6-9-16-10-7-12/h2-7,9-10,14,17H,1,8,11,15H2/b4-3+,13-5+. The van der Waals surface area contributed by atoms with Gasteiger partial charge in [0.25, 0.3) is 0 Å². The highest BCUT2D eigenvalue weighted by molar-refractivity contribution is 5.28. The number of aromatic nitrogens is 1. The third-order valence-corrected chi connectivity index (χ3v) is 2.36. The SMILES string of the molecule is C=C/C(=C\C=C\CN)C(O)Cc1ccncc1. The molecule has 3 N–H and O–H groups in total. The molecule has 0 radical (unpaired) electrons. The quantitative estimate of drug-likeness (QED) is 0.730. The first kappa shape index (κ1) is 13.4. The summed E-state index contributed by atoms with van der Waals surface area (Å²) in [5.74, 6) is 0. The topological polar surface area (TPSA) is 59.1 Å². The largest absolute Gasteiger partial charge is 0.388 e. The first-order valence-corrected chi connectivity index (χ1v) is 5.54. The number of nitrogens with zero attached hydrogens (tertiary/aromatic N) is 1. The molecule has 0 aromatic carbocycles. The summed E-state index contributed by atoms with van der Waals surface area (Å²) in [5.41, 5.74) is 7.17. The van der Waals surface area contributed by atoms with Crippen molar-refractivity contribution in [2.45, 2.75) is 12.5 Å². The van der Waals surface area contributed by atoms with E-state index in [2.05, 4.69) is 11.6 Å². The molecule has 0 aliphatic carbocycles. The van der Waals surface area contributed by atoms with Crippen molar-refractivity contribution in [3.05, 3.63) is 66.5 Å². The molecule has 1 unspecified atom stereocenters. The fourth-order valence-electron chi connectivity index (χ4n) is 1.43. The van der Waals surface area contributed by atoms with Gasteiger partial charge in [-0.1, -0.05) is 30.9 Å². The number of aliphatic hydroxyl groups is 1. The van der Waals surface area contributed by atoms with Crippen LogP contribution in [-0.4, -0.2) is 22.7 Å². The molecule has 0 aliphatic rings. The Hall–Kier alpha value is -1.71. The minimum absolute atomic E-state index is 0.487. The van der Waals surface area contributed by atoms with E-state index in [9.17, 15) is 5.11 Å². The Labute approximate surface area is 102 Å². The van der Waals surface area contributed by atoms with Crippen molar-refractivity contribution in [2.75, 3.05) is 6.54 Å². The van der Waals surface area contributed by atoms with Crippen LogP contribution in [0.3, 0.4) is 0 Å². The van der Waals surface area contributed by atoms with Crippen LogP contribution in [0.5, 0.6) is 0 Å². The molecule has 0 amide bonds. The molecule has 1 aromatic rings. The van der Waals surface area contributed by atoms with Crippen LogP contribution in [0, 0.1) is 0 Å². The van der Waals surface area contributed by atoms with Gasteiger partial charge in [-0.05, 0) is 23.3 Å². The highest BCUT2D eigenvalue weighted by Gasteiger charge is 2.07. The second-order valence-corrected chi connectivity index (χ2v) is 3.61. The molecule has 1 aromatic heterocycles. The van der Waals surface area contributed by atoms with E-state index in [1.165, 1.54) is 0 Å². The van der Waals surface area contributed by atoms with Crippen LogP contribution in [0.15, 0.2) is 61.0 Å². The van der Waals surface area contributed by atoms with Gasteiger partial charge in [-0.2, -0.15) is 0 Å². The molecular formula is C14H18N2O. The zero-order valence-electron chi connectivity index (χ0n) is 9.79. The molecule has 1 atom stereocenters. The summed E-state index contributed by atoms with van der Waals surface area (Å²) in [5, 5.41) is 10.0. The summed E-state index contributed by atoms with van der Waals surface area (Å²) in [4.78, 5) is 3.94. The maximum Gasteiger partial charge on any atom is 0.0830 e. The van der Waals surface area contributed by atoms with E-state index in [1.54, 1.807) is 18.5 Å². The van der Waals surface area contributed by atoms with Crippen LogP contribution in [0.25, 0.3) is 0 Å². The van der Waals surface area contributed by atoms with Gasteiger partial charge in [-0.25, -0.2) is 0 Å². The van der Waals surface area contributed by atoms with Gasteiger partial charge in [0.05, 0.1) is 6.10 Å². The predicted molar refractivity (Wildman–Crippen MR) is 70.4 cm³/mol. The summed E-state index contributed by atoms with van der Waals surface area (Å²) < 4.78 is 0. The Balaban J connectivity index is 2.67. The molecule has 0 saturated heterocycles. The lowest BCUT2D eigenvalue weighted by atomic mass is 10.0. The fourth-order valence-corrected chi connectivity index (χ4v) is 1.43. The van der Waals surface area contributed by atoms with Crippen molar-refractivity contribution in [1.29, 1.82) is 0 Å². The van der Waals surface area contributed by atoms with Gasteiger partial charge in [0.2, 0.25) is 0 Å². The molecule has 0 saturated carbocycles. The van der Waals surface area contributed by atoms with Gasteiger partial charge >= 0.3 is 0 Å². The molecule has 17 heavy (non-hydrogen) atoms. The van der Waals surface area contributed by atoms with Gasteiger partial charge in [-0.15, -0.1) is 0 Å². The highest BCUT2D eigenvalue weighted by atomic mass is 16.3. The average Bonchev–Trinajstić information content (AvgIpc) is 2.36. The summed E-state index contributed by atoms with van der Waals surface area (Å²) in [6.45, 7) is 4.18. The van der Waals surface area contributed by atoms with Gasteiger partial charge in [0.15, 0.2) is 0 Å². The van der Waals surface area contributed by atoms with E-state index in [0.29, 0.717) is 13.0 Å². The number of hydrogen-bond acceptors (Lipinski definition) is 3. The van der Waals surface area contributed by atoms with Crippen molar-refractivity contribution in [3.63, 3.8) is 0 Å². The Morgan fingerprint density at radius 2 is 2.18 bits per heavy atom. The summed E-state index contributed by atoms with van der Waals surface area (Å²) in [6.07, 6.45) is 10.6. The Morgan fingerprint density at radius 3 is 2.76 bits per heavy atom. The van der Waals surface area contributed by atoms with Gasteiger partial charge < -0.3 is 10.8 Å². The molecule has 90 valence electrons. The van der Waals surface area contributed by atoms with Gasteiger partial charge in [-0.3, -0.25) is 4.98 Å². The van der Waals surface area contributed by atoms with Gasteiger partial charge in [0.1, 0.15) is 0 Å². The van der Waals surface area contributed by atoms with E-state index in [-0.39, 0.29) is 0 Å². The molecule has 0 fully saturated rings. The van der Waals surface area contributed by atoms with Crippen LogP contribution in [0.4, 0.5) is 0 Å². The average molecular weight is 230 g/mol. The minimum atomic E-state index is -0.558. The smallest absolute Gasteiger partial charge is 0.0830 e. The third kappa shape index (κ3) is 4.76. The molecule has 0 aliphatic heterocycles. The van der Waals surface area contributed by atoms with E-state index < -0.39 is 6.10 Å².